The summed E-state index contributed by atoms with van der Waals surface area (Å²) in [4.78, 5) is 10.7. The Hall–Kier alpha value is -2.48. The Kier molecular flexibility index (Phi) is 8.91. The van der Waals surface area contributed by atoms with Crippen LogP contribution in [-0.2, 0) is 4.79 Å². The zero-order chi connectivity index (χ0) is 24.4. The molecule has 0 spiro atoms. The van der Waals surface area contributed by atoms with Crippen LogP contribution in [0.15, 0.2) is 66.9 Å². The maximum atomic E-state index is 13.7. The number of rotatable bonds is 8. The first-order valence-electron chi connectivity index (χ1n) is 11.3. The molecule has 0 saturated heterocycles. The maximum Gasteiger partial charge on any atom is 1.00 e. The largest absolute Gasteiger partial charge is 1.00 e. The molecule has 0 radical (unpaired) electrons. The number of carboxylic acids is 1. The number of aromatic nitrogens is 1. The van der Waals surface area contributed by atoms with E-state index in [1.165, 1.54) is 12.1 Å². The Morgan fingerprint density at radius 2 is 1.77 bits per heavy atom. The van der Waals surface area contributed by atoms with Gasteiger partial charge in [0.05, 0.1) is 17.7 Å². The van der Waals surface area contributed by atoms with Crippen molar-refractivity contribution < 1.29 is 54.1 Å². The van der Waals surface area contributed by atoms with Crippen molar-refractivity contribution in [3.63, 3.8) is 0 Å². The van der Waals surface area contributed by atoms with Crippen molar-refractivity contribution in [2.45, 2.75) is 44.8 Å². The van der Waals surface area contributed by atoms with Crippen molar-refractivity contribution in [2.24, 2.45) is 0 Å². The number of fused-ring (bicyclic) bond motifs is 3. The molecular weight excluding hydrogens is 456 g/mol. The number of aliphatic hydroxyl groups excluding tert-OH is 2. The molecule has 176 valence electrons. The van der Waals surface area contributed by atoms with Crippen LogP contribution in [0.25, 0.3) is 33.5 Å². The predicted octanol–water partition coefficient (Wildman–Crippen LogP) is 1.29. The third-order valence-electron chi connectivity index (χ3n) is 5.98. The van der Waals surface area contributed by atoms with E-state index >= 15 is 0 Å². The number of carbonyl (C=O) groups is 1. The molecule has 0 saturated carbocycles. The van der Waals surface area contributed by atoms with Crippen molar-refractivity contribution in [1.29, 1.82) is 0 Å². The van der Waals surface area contributed by atoms with Gasteiger partial charge in [-0.1, -0.05) is 62.4 Å². The number of pyridine rings is 1. The zero-order valence-corrected chi connectivity index (χ0v) is 22.1. The summed E-state index contributed by atoms with van der Waals surface area (Å²) in [6, 6.07) is 16.5. The zero-order valence-electron chi connectivity index (χ0n) is 20.1. The molecule has 2 heterocycles. The van der Waals surface area contributed by atoms with E-state index in [2.05, 4.69) is 30.4 Å². The van der Waals surface area contributed by atoms with E-state index in [4.69, 9.17) is 0 Å². The van der Waals surface area contributed by atoms with Crippen molar-refractivity contribution in [1.82, 2.24) is 4.40 Å². The number of halogens is 1. The predicted molar refractivity (Wildman–Crippen MR) is 130 cm³/mol. The second-order valence-corrected chi connectivity index (χ2v) is 8.85. The van der Waals surface area contributed by atoms with Crippen molar-refractivity contribution in [2.75, 3.05) is 0 Å². The monoisotopic (exact) mass is 483 g/mol. The number of aliphatic carboxylic acids is 1. The van der Waals surface area contributed by atoms with E-state index in [0.717, 1.165) is 38.7 Å². The fourth-order valence-electron chi connectivity index (χ4n) is 4.57. The van der Waals surface area contributed by atoms with Gasteiger partial charge >= 0.3 is 29.6 Å². The summed E-state index contributed by atoms with van der Waals surface area (Å²) < 4.78 is 15.9. The number of hydrogen-bond acceptors (Lipinski definition) is 4. The van der Waals surface area contributed by atoms with E-state index in [1.807, 2.05) is 30.5 Å². The van der Waals surface area contributed by atoms with Crippen LogP contribution in [0.3, 0.4) is 0 Å². The summed E-state index contributed by atoms with van der Waals surface area (Å²) in [6.45, 7) is 4.17. The molecule has 2 unspecified atom stereocenters. The van der Waals surface area contributed by atoms with Crippen LogP contribution < -0.4 is 34.7 Å². The maximum absolute atomic E-state index is 13.7. The van der Waals surface area contributed by atoms with Crippen LogP contribution in [-0.4, -0.2) is 32.8 Å². The molecule has 2 N–H and O–H groups in total. The standard InChI is InChI=1S/C28H28FNO4.Na/c1-17(2)27-24(12-11-21(31)15-22(32)16-25(33)34)26(19-7-9-20(29)10-8-19)28-23-6-4-3-5-18(23)13-14-30(27)28;/h3-14,17,21-22,31-32H,15-16H2,1-2H3,(H,33,34);/q;+1/p-1/b12-11+;. The third kappa shape index (κ3) is 5.85. The minimum atomic E-state index is -1.37. The molecule has 0 fully saturated rings. The molecule has 4 aromatic rings. The van der Waals surface area contributed by atoms with Gasteiger partial charge < -0.3 is 24.5 Å². The number of hydrogen-bond donors (Lipinski definition) is 2. The van der Waals surface area contributed by atoms with Crippen molar-refractivity contribution >= 4 is 28.3 Å². The van der Waals surface area contributed by atoms with Crippen LogP contribution in [0.2, 0.25) is 0 Å². The average Bonchev–Trinajstić information content (AvgIpc) is 3.12. The number of carbonyl (C=O) groups excluding carboxylic acids is 1. The molecule has 4 rings (SSSR count). The van der Waals surface area contributed by atoms with Gasteiger partial charge in [0.2, 0.25) is 0 Å². The molecule has 2 aromatic carbocycles. The fraction of sp³-hybridized carbons (Fsp3) is 0.250. The molecule has 2 atom stereocenters. The van der Waals surface area contributed by atoms with Gasteiger partial charge in [-0.25, -0.2) is 4.39 Å². The number of benzene rings is 2. The van der Waals surface area contributed by atoms with Crippen LogP contribution in [0, 0.1) is 5.82 Å². The number of aliphatic hydroxyl groups is 2. The Balaban J connectivity index is 0.00000342. The first kappa shape index (κ1) is 27.1. The van der Waals surface area contributed by atoms with Crippen LogP contribution in [0.1, 0.15) is 43.9 Å². The number of nitrogens with zero attached hydrogens (tertiary/aromatic N) is 1. The molecule has 7 heteroatoms. The van der Waals surface area contributed by atoms with E-state index in [9.17, 15) is 24.5 Å². The van der Waals surface area contributed by atoms with E-state index in [1.54, 1.807) is 18.2 Å². The molecule has 0 aliphatic carbocycles. The summed E-state index contributed by atoms with van der Waals surface area (Å²) in [6.07, 6.45) is 2.49. The normalized spacial score (nSPS) is 13.4. The average molecular weight is 484 g/mol. The molecule has 0 aliphatic heterocycles. The first-order valence-corrected chi connectivity index (χ1v) is 11.3. The van der Waals surface area contributed by atoms with E-state index in [0.29, 0.717) is 0 Å². The van der Waals surface area contributed by atoms with E-state index < -0.39 is 24.6 Å². The molecule has 0 bridgehead atoms. The van der Waals surface area contributed by atoms with Crippen LogP contribution >= 0.6 is 0 Å². The summed E-state index contributed by atoms with van der Waals surface area (Å²) in [5.41, 5.74) is 4.65. The van der Waals surface area contributed by atoms with Crippen LogP contribution in [0.4, 0.5) is 4.39 Å². The third-order valence-corrected chi connectivity index (χ3v) is 5.98. The summed E-state index contributed by atoms with van der Waals surface area (Å²) in [5.74, 6) is -1.56. The fourth-order valence-corrected chi connectivity index (χ4v) is 4.57. The molecule has 0 amide bonds. The Bertz CT molecular complexity index is 1360. The molecule has 35 heavy (non-hydrogen) atoms. The quantitative estimate of drug-likeness (QED) is 0.370. The van der Waals surface area contributed by atoms with Gasteiger partial charge in [-0.05, 0) is 35.1 Å². The SMILES string of the molecule is CC(C)c1c(/C=C/C(O)CC(O)CC(=O)[O-])c(-c2ccc(F)cc2)c2c3ccccc3ccn12.[Na+]. The van der Waals surface area contributed by atoms with Gasteiger partial charge in [-0.15, -0.1) is 0 Å². The van der Waals surface area contributed by atoms with Gasteiger partial charge in [0.1, 0.15) is 5.82 Å². The van der Waals surface area contributed by atoms with Gasteiger partial charge in [-0.2, -0.15) is 0 Å². The molecule has 2 aromatic heterocycles. The van der Waals surface area contributed by atoms with Gasteiger partial charge in [0.15, 0.2) is 0 Å². The minimum absolute atomic E-state index is 0. The Morgan fingerprint density at radius 1 is 1.09 bits per heavy atom. The van der Waals surface area contributed by atoms with Crippen molar-refractivity contribution in [3.05, 3.63) is 83.9 Å². The second-order valence-electron chi connectivity index (χ2n) is 8.85. The molecule has 5 nitrogen and oxygen atoms in total. The Labute approximate surface area is 225 Å². The second kappa shape index (κ2) is 11.5. The summed E-state index contributed by atoms with van der Waals surface area (Å²) in [7, 11) is 0. The smallest absolute Gasteiger partial charge is 0.550 e. The summed E-state index contributed by atoms with van der Waals surface area (Å²) >= 11 is 0. The molecular formula is C28H27FNNaO4. The minimum Gasteiger partial charge on any atom is -0.550 e. The molecule has 0 aliphatic rings. The van der Waals surface area contributed by atoms with E-state index in [-0.39, 0.29) is 47.7 Å². The summed E-state index contributed by atoms with van der Waals surface area (Å²) in [5, 5.41) is 33.2. The first-order chi connectivity index (χ1) is 16.3. The van der Waals surface area contributed by atoms with Gasteiger partial charge in [0.25, 0.3) is 0 Å². The topological polar surface area (TPSA) is 85.0 Å². The number of carboxylic acid groups (broad SMARTS) is 1. The Morgan fingerprint density at radius 3 is 2.43 bits per heavy atom. The van der Waals surface area contributed by atoms with Gasteiger partial charge in [-0.3, -0.25) is 0 Å². The van der Waals surface area contributed by atoms with Crippen LogP contribution in [0.5, 0.6) is 0 Å². The van der Waals surface area contributed by atoms with Crippen molar-refractivity contribution in [3.8, 4) is 11.1 Å². The van der Waals surface area contributed by atoms with Gasteiger partial charge in [0, 0.05) is 47.2 Å².